The fraction of sp³-hybridized carbons (Fsp3) is 0.0909. The highest BCUT2D eigenvalue weighted by Crippen LogP contribution is 2.37. The third kappa shape index (κ3) is 2.68. The molecule has 5 rings (SSSR count). The number of nitriles is 1. The van der Waals surface area contributed by atoms with Gasteiger partial charge in [-0.1, -0.05) is 12.1 Å². The lowest BCUT2D eigenvalue weighted by Crippen LogP contribution is -2.43. The van der Waals surface area contributed by atoms with E-state index in [4.69, 9.17) is 4.74 Å². The van der Waals surface area contributed by atoms with Crippen LogP contribution in [0.3, 0.4) is 0 Å². The summed E-state index contributed by atoms with van der Waals surface area (Å²) >= 11 is 0. The van der Waals surface area contributed by atoms with Crippen LogP contribution in [0.4, 0.5) is 4.39 Å². The molecule has 1 aromatic carbocycles. The minimum atomic E-state index is -0.678. The zero-order chi connectivity index (χ0) is 20.7. The van der Waals surface area contributed by atoms with Crippen molar-refractivity contribution in [3.8, 4) is 34.2 Å². The van der Waals surface area contributed by atoms with Crippen LogP contribution in [0.5, 0.6) is 5.75 Å². The summed E-state index contributed by atoms with van der Waals surface area (Å²) in [5, 5.41) is 11.1. The van der Waals surface area contributed by atoms with Gasteiger partial charge < -0.3 is 4.74 Å². The Labute approximate surface area is 170 Å². The number of benzene rings is 1. The molecule has 30 heavy (non-hydrogen) atoms. The van der Waals surface area contributed by atoms with Crippen molar-refractivity contribution < 1.29 is 9.13 Å². The molecule has 2 aromatic heterocycles. The summed E-state index contributed by atoms with van der Waals surface area (Å²) in [4.78, 5) is 22.2. The number of fused-ring (bicyclic) bond motifs is 3. The lowest BCUT2D eigenvalue weighted by molar-refractivity contribution is 0.287. The van der Waals surface area contributed by atoms with Crippen LogP contribution in [-0.2, 0) is 6.61 Å². The Balaban J connectivity index is 1.86. The number of rotatable bonds is 2. The fourth-order valence-electron chi connectivity index (χ4n) is 3.67. The maximum absolute atomic E-state index is 14.3. The zero-order valence-electron chi connectivity index (χ0n) is 15.6. The first-order chi connectivity index (χ1) is 14.7. The summed E-state index contributed by atoms with van der Waals surface area (Å²) in [6.07, 6.45) is 6.73. The summed E-state index contributed by atoms with van der Waals surface area (Å²) in [5.74, 6) is -0.0869. The molecule has 0 saturated heterocycles. The van der Waals surface area contributed by atoms with Gasteiger partial charge in [0.1, 0.15) is 36.6 Å². The van der Waals surface area contributed by atoms with Crippen molar-refractivity contribution >= 4 is 6.21 Å². The number of nitrogens with zero attached hydrogens (tertiary/aromatic N) is 5. The second kappa shape index (κ2) is 6.97. The van der Waals surface area contributed by atoms with Gasteiger partial charge in [0.25, 0.3) is 5.56 Å². The Morgan fingerprint density at radius 3 is 2.87 bits per heavy atom. The van der Waals surface area contributed by atoms with E-state index in [1.165, 1.54) is 16.8 Å². The normalized spacial score (nSPS) is 13.9. The molecule has 2 aliphatic heterocycles. The number of ether oxygens (including phenoxy) is 1. The van der Waals surface area contributed by atoms with Crippen LogP contribution in [0.1, 0.15) is 11.3 Å². The van der Waals surface area contributed by atoms with E-state index < -0.39 is 11.4 Å². The molecule has 0 amide bonds. The second-order valence-electron chi connectivity index (χ2n) is 6.70. The van der Waals surface area contributed by atoms with Crippen LogP contribution in [0, 0.1) is 17.1 Å². The van der Waals surface area contributed by atoms with Crippen molar-refractivity contribution in [2.45, 2.75) is 6.61 Å². The predicted octanol–water partition coefficient (Wildman–Crippen LogP) is 2.97. The van der Waals surface area contributed by atoms with E-state index in [-0.39, 0.29) is 30.0 Å². The predicted molar refractivity (Wildman–Crippen MR) is 109 cm³/mol. The number of halogens is 1. The summed E-state index contributed by atoms with van der Waals surface area (Å²) in [6.45, 7) is 0.390. The minimum Gasteiger partial charge on any atom is -0.485 e. The topological polar surface area (TPSA) is 83.5 Å². The standard InChI is InChI=1S/C22H14FN5O2/c23-18-5-1-4-14(17(18)11-24)15-10-16-19(12-30-20-6-2-8-26-21(16)20)28(22(15)29)27-9-3-7-25-13-27/h1-10H,12-13H2. The van der Waals surface area contributed by atoms with E-state index in [1.807, 2.05) is 6.07 Å². The van der Waals surface area contributed by atoms with E-state index in [1.54, 1.807) is 54.0 Å². The molecule has 146 valence electrons. The smallest absolute Gasteiger partial charge is 0.277 e. The average Bonchev–Trinajstić information content (AvgIpc) is 2.79. The molecular weight excluding hydrogens is 385 g/mol. The van der Waals surface area contributed by atoms with Gasteiger partial charge in [0.15, 0.2) is 0 Å². The molecule has 2 aliphatic rings. The molecule has 7 nitrogen and oxygen atoms in total. The Bertz CT molecular complexity index is 1340. The first-order valence-electron chi connectivity index (χ1n) is 9.18. The second-order valence-corrected chi connectivity index (χ2v) is 6.70. The van der Waals surface area contributed by atoms with Crippen LogP contribution in [0.2, 0.25) is 0 Å². The van der Waals surface area contributed by atoms with Crippen molar-refractivity contribution in [2.75, 3.05) is 11.7 Å². The van der Waals surface area contributed by atoms with Gasteiger partial charge in [-0.2, -0.15) is 5.26 Å². The van der Waals surface area contributed by atoms with Gasteiger partial charge in [-0.3, -0.25) is 19.8 Å². The SMILES string of the molecule is N#Cc1c(F)cccc1-c1cc2c(n(N3C=CC=NC3)c1=O)COc1cccnc1-2. The molecule has 8 heteroatoms. The van der Waals surface area contributed by atoms with Crippen molar-refractivity contribution in [3.63, 3.8) is 0 Å². The maximum atomic E-state index is 14.3. The molecule has 0 spiro atoms. The van der Waals surface area contributed by atoms with Crippen LogP contribution < -0.4 is 15.3 Å². The van der Waals surface area contributed by atoms with E-state index in [0.717, 1.165) is 0 Å². The van der Waals surface area contributed by atoms with Crippen molar-refractivity contribution in [2.24, 2.45) is 4.99 Å². The molecule has 3 aromatic rings. The highest BCUT2D eigenvalue weighted by Gasteiger charge is 2.27. The van der Waals surface area contributed by atoms with Crippen molar-refractivity contribution in [1.29, 1.82) is 5.26 Å². The lowest BCUT2D eigenvalue weighted by atomic mass is 9.96. The largest absolute Gasteiger partial charge is 0.485 e. The highest BCUT2D eigenvalue weighted by molar-refractivity contribution is 5.79. The Hall–Kier alpha value is -4.25. The molecular formula is C22H14FN5O2. The maximum Gasteiger partial charge on any atom is 0.277 e. The third-order valence-electron chi connectivity index (χ3n) is 5.02. The number of allylic oxidation sites excluding steroid dienone is 1. The average molecular weight is 399 g/mol. The minimum absolute atomic E-state index is 0.159. The van der Waals surface area contributed by atoms with Gasteiger partial charge in [-0.05, 0) is 30.3 Å². The van der Waals surface area contributed by atoms with Gasteiger partial charge in [0.2, 0.25) is 0 Å². The quantitative estimate of drug-likeness (QED) is 0.662. The van der Waals surface area contributed by atoms with Crippen molar-refractivity contribution in [3.05, 3.63) is 82.3 Å². The summed E-state index contributed by atoms with van der Waals surface area (Å²) in [5.41, 5.74) is 1.71. The third-order valence-corrected chi connectivity index (χ3v) is 5.02. The molecule has 0 N–H and O–H groups in total. The first-order valence-corrected chi connectivity index (χ1v) is 9.18. The molecule has 0 fully saturated rings. The monoisotopic (exact) mass is 399 g/mol. The Kier molecular flexibility index (Phi) is 4.14. The molecule has 0 atom stereocenters. The molecule has 4 heterocycles. The molecule has 0 unspecified atom stereocenters. The number of aliphatic imine (C=N–C) groups is 1. The van der Waals surface area contributed by atoms with E-state index in [9.17, 15) is 14.4 Å². The van der Waals surface area contributed by atoms with Gasteiger partial charge >= 0.3 is 0 Å². The Morgan fingerprint density at radius 1 is 1.17 bits per heavy atom. The summed E-state index contributed by atoms with van der Waals surface area (Å²) < 4.78 is 21.6. The lowest BCUT2D eigenvalue weighted by Gasteiger charge is -2.30. The fourth-order valence-corrected chi connectivity index (χ4v) is 3.67. The number of pyridine rings is 2. The molecule has 0 radical (unpaired) electrons. The number of hydrogen-bond acceptors (Lipinski definition) is 6. The van der Waals surface area contributed by atoms with Crippen LogP contribution >= 0.6 is 0 Å². The van der Waals surface area contributed by atoms with Crippen molar-refractivity contribution in [1.82, 2.24) is 9.66 Å². The number of aromatic nitrogens is 2. The van der Waals surface area contributed by atoms with E-state index >= 15 is 0 Å². The van der Waals surface area contributed by atoms with Crippen LogP contribution in [-0.4, -0.2) is 22.5 Å². The van der Waals surface area contributed by atoms with Gasteiger partial charge in [-0.25, -0.2) is 9.07 Å². The van der Waals surface area contributed by atoms with Crippen LogP contribution in [0.15, 0.2) is 64.7 Å². The summed E-state index contributed by atoms with van der Waals surface area (Å²) in [7, 11) is 0. The van der Waals surface area contributed by atoms with Gasteiger partial charge in [0.05, 0.1) is 16.8 Å². The molecule has 0 aliphatic carbocycles. The molecule has 0 saturated carbocycles. The highest BCUT2D eigenvalue weighted by atomic mass is 19.1. The zero-order valence-corrected chi connectivity index (χ0v) is 15.6. The number of hydrogen-bond donors (Lipinski definition) is 0. The van der Waals surface area contributed by atoms with Gasteiger partial charge in [0, 0.05) is 29.7 Å². The van der Waals surface area contributed by atoms with E-state index in [2.05, 4.69) is 9.98 Å². The summed E-state index contributed by atoms with van der Waals surface area (Å²) in [6, 6.07) is 11.4. The van der Waals surface area contributed by atoms with E-state index in [0.29, 0.717) is 22.7 Å². The van der Waals surface area contributed by atoms with Gasteiger partial charge in [-0.15, -0.1) is 0 Å². The first kappa shape index (κ1) is 17.8. The Morgan fingerprint density at radius 2 is 2.07 bits per heavy atom. The van der Waals surface area contributed by atoms with Crippen LogP contribution in [0.25, 0.3) is 22.4 Å². The molecule has 0 bridgehead atoms.